The van der Waals surface area contributed by atoms with Gasteiger partial charge in [-0.15, -0.1) is 0 Å². The highest BCUT2D eigenvalue weighted by atomic mass is 19.2. The number of hydrogen-bond donors (Lipinski definition) is 5. The number of nitrogens with two attached hydrogens (primary N) is 1. The molecule has 2 unspecified atom stereocenters. The summed E-state index contributed by atoms with van der Waals surface area (Å²) in [5.74, 6) is -2.91. The molecule has 138 valence electrons. The fourth-order valence-electron chi connectivity index (χ4n) is 3.07. The summed E-state index contributed by atoms with van der Waals surface area (Å²) in [7, 11) is 0. The van der Waals surface area contributed by atoms with Gasteiger partial charge >= 0.3 is 5.69 Å². The maximum atomic E-state index is 13.6. The molecule has 26 heavy (non-hydrogen) atoms. The lowest BCUT2D eigenvalue weighted by atomic mass is 9.86. The predicted octanol–water partition coefficient (Wildman–Crippen LogP) is -0.201. The van der Waals surface area contributed by atoms with Crippen molar-refractivity contribution in [2.45, 2.75) is 18.4 Å². The smallest absolute Gasteiger partial charge is 0.326 e. The van der Waals surface area contributed by atoms with Crippen LogP contribution in [-0.2, 0) is 0 Å². The van der Waals surface area contributed by atoms with E-state index in [9.17, 15) is 23.2 Å². The van der Waals surface area contributed by atoms with Gasteiger partial charge in [-0.25, -0.2) is 13.6 Å². The van der Waals surface area contributed by atoms with Crippen molar-refractivity contribution in [2.24, 2.45) is 0 Å². The van der Waals surface area contributed by atoms with Crippen LogP contribution in [0.15, 0.2) is 27.8 Å². The second kappa shape index (κ2) is 7.08. The molecule has 0 radical (unpaired) electrons. The van der Waals surface area contributed by atoms with E-state index in [-0.39, 0.29) is 11.6 Å². The van der Waals surface area contributed by atoms with Gasteiger partial charge in [0, 0.05) is 18.5 Å². The maximum Gasteiger partial charge on any atom is 0.326 e. The van der Waals surface area contributed by atoms with Crippen molar-refractivity contribution < 1.29 is 13.6 Å². The number of hydrogen-bond acceptors (Lipinski definition) is 5. The average Bonchev–Trinajstić information content (AvgIpc) is 2.61. The Morgan fingerprint density at radius 2 is 1.96 bits per heavy atom. The van der Waals surface area contributed by atoms with Crippen LogP contribution in [0.5, 0.6) is 0 Å². The van der Waals surface area contributed by atoms with Gasteiger partial charge in [0.15, 0.2) is 11.6 Å². The second-order valence-electron chi connectivity index (χ2n) is 6.05. The van der Waals surface area contributed by atoms with Gasteiger partial charge in [-0.05, 0) is 30.7 Å². The van der Waals surface area contributed by atoms with E-state index < -0.39 is 40.5 Å². The van der Waals surface area contributed by atoms with Crippen molar-refractivity contribution in [1.29, 1.82) is 0 Å². The number of nitrogen functional groups attached to an aromatic ring is 1. The Bertz CT molecular complexity index is 956. The van der Waals surface area contributed by atoms with E-state index in [2.05, 4.69) is 15.6 Å². The van der Waals surface area contributed by atoms with Crippen molar-refractivity contribution in [3.8, 4) is 0 Å². The number of rotatable bonds is 3. The first-order valence-electron chi connectivity index (χ1n) is 7.95. The van der Waals surface area contributed by atoms with Crippen molar-refractivity contribution in [3.05, 3.63) is 61.9 Å². The Morgan fingerprint density at radius 3 is 2.69 bits per heavy atom. The number of piperidine rings is 1. The Kier molecular flexibility index (Phi) is 4.85. The number of carbonyl (C=O) groups is 1. The SMILES string of the molecule is Nc1c(C(=O)NC2CNCCC2c2ccc(F)c(F)c2)[nH]c(=O)[nH]c1=O. The van der Waals surface area contributed by atoms with Gasteiger partial charge < -0.3 is 21.4 Å². The van der Waals surface area contributed by atoms with E-state index in [1.54, 1.807) is 0 Å². The van der Waals surface area contributed by atoms with Crippen LogP contribution >= 0.6 is 0 Å². The fourth-order valence-corrected chi connectivity index (χ4v) is 3.07. The van der Waals surface area contributed by atoms with Crippen molar-refractivity contribution in [1.82, 2.24) is 20.6 Å². The van der Waals surface area contributed by atoms with Gasteiger partial charge in [0.05, 0.1) is 0 Å². The summed E-state index contributed by atoms with van der Waals surface area (Å²) in [6.07, 6.45) is 0.581. The number of carbonyl (C=O) groups excluding carboxylic acids is 1. The number of aromatic amines is 2. The quantitative estimate of drug-likeness (QED) is 0.514. The molecule has 0 aliphatic carbocycles. The van der Waals surface area contributed by atoms with Crippen LogP contribution in [-0.4, -0.2) is 35.0 Å². The molecular weight excluding hydrogens is 348 g/mol. The molecule has 8 nitrogen and oxygen atoms in total. The van der Waals surface area contributed by atoms with E-state index >= 15 is 0 Å². The third-order valence-corrected chi connectivity index (χ3v) is 4.38. The topological polar surface area (TPSA) is 133 Å². The third-order valence-electron chi connectivity index (χ3n) is 4.38. The van der Waals surface area contributed by atoms with Crippen LogP contribution in [0.3, 0.4) is 0 Å². The summed E-state index contributed by atoms with van der Waals surface area (Å²) in [5.41, 5.74) is 3.64. The first-order chi connectivity index (χ1) is 12.4. The molecule has 1 amide bonds. The number of amides is 1. The maximum absolute atomic E-state index is 13.6. The fraction of sp³-hybridized carbons (Fsp3) is 0.312. The zero-order valence-electron chi connectivity index (χ0n) is 13.6. The molecular formula is C16H17F2N5O3. The van der Waals surface area contributed by atoms with Crippen LogP contribution in [0.4, 0.5) is 14.5 Å². The zero-order valence-corrected chi connectivity index (χ0v) is 13.6. The lowest BCUT2D eigenvalue weighted by Gasteiger charge is -2.33. The molecule has 2 heterocycles. The first kappa shape index (κ1) is 17.8. The first-order valence-corrected chi connectivity index (χ1v) is 7.95. The van der Waals surface area contributed by atoms with Gasteiger partial charge in [0.1, 0.15) is 11.4 Å². The van der Waals surface area contributed by atoms with Gasteiger partial charge in [-0.3, -0.25) is 14.6 Å². The van der Waals surface area contributed by atoms with E-state index in [4.69, 9.17) is 5.73 Å². The van der Waals surface area contributed by atoms with Crippen molar-refractivity contribution in [2.75, 3.05) is 18.8 Å². The summed E-state index contributed by atoms with van der Waals surface area (Å²) < 4.78 is 26.7. The number of aromatic nitrogens is 2. The number of nitrogens with one attached hydrogen (secondary N) is 4. The van der Waals surface area contributed by atoms with Crippen LogP contribution in [0.25, 0.3) is 0 Å². The zero-order chi connectivity index (χ0) is 18.8. The van der Waals surface area contributed by atoms with Gasteiger partial charge in [0.2, 0.25) is 0 Å². The summed E-state index contributed by atoms with van der Waals surface area (Å²) >= 11 is 0. The molecule has 1 saturated heterocycles. The third kappa shape index (κ3) is 3.49. The molecule has 3 rings (SSSR count). The molecule has 2 atom stereocenters. The van der Waals surface area contributed by atoms with E-state index in [0.29, 0.717) is 25.1 Å². The average molecular weight is 365 g/mol. The van der Waals surface area contributed by atoms with Crippen LogP contribution in [0.2, 0.25) is 0 Å². The lowest BCUT2D eigenvalue weighted by molar-refractivity contribution is 0.0919. The van der Waals surface area contributed by atoms with Crippen LogP contribution < -0.4 is 27.6 Å². The summed E-state index contributed by atoms with van der Waals surface area (Å²) in [4.78, 5) is 39.5. The molecule has 0 spiro atoms. The number of H-pyrrole nitrogens is 2. The molecule has 10 heteroatoms. The standard InChI is InChI=1S/C16H17F2N5O3/c17-9-2-1-7(5-10(9)18)8-3-4-20-6-11(8)21-15(25)13-12(19)14(24)23-16(26)22-13/h1-2,5,8,11,20H,3-4,6,19H2,(H,21,25)(H2,22,23,24,26). The Morgan fingerprint density at radius 1 is 1.19 bits per heavy atom. The normalized spacial score (nSPS) is 19.9. The highest BCUT2D eigenvalue weighted by Gasteiger charge is 2.29. The van der Waals surface area contributed by atoms with Crippen molar-refractivity contribution >= 4 is 11.6 Å². The van der Waals surface area contributed by atoms with Gasteiger partial charge in [-0.1, -0.05) is 6.07 Å². The molecule has 2 aromatic rings. The number of benzene rings is 1. The Labute approximate surface area is 145 Å². The summed E-state index contributed by atoms with van der Waals surface area (Å²) in [5, 5.41) is 5.79. The minimum Gasteiger partial charge on any atom is -0.392 e. The molecule has 1 aromatic heterocycles. The Balaban J connectivity index is 1.87. The van der Waals surface area contributed by atoms with Crippen LogP contribution in [0.1, 0.15) is 28.4 Å². The molecule has 0 bridgehead atoms. The predicted molar refractivity (Wildman–Crippen MR) is 89.9 cm³/mol. The van der Waals surface area contributed by atoms with E-state index in [0.717, 1.165) is 12.1 Å². The lowest BCUT2D eigenvalue weighted by Crippen LogP contribution is -2.50. The minimum atomic E-state index is -0.964. The molecule has 1 aliphatic rings. The minimum absolute atomic E-state index is 0.273. The van der Waals surface area contributed by atoms with E-state index in [1.807, 2.05) is 4.98 Å². The Hall–Kier alpha value is -3.01. The van der Waals surface area contributed by atoms with E-state index in [1.165, 1.54) is 6.07 Å². The highest BCUT2D eigenvalue weighted by Crippen LogP contribution is 2.27. The monoisotopic (exact) mass is 365 g/mol. The van der Waals surface area contributed by atoms with Crippen molar-refractivity contribution in [3.63, 3.8) is 0 Å². The molecule has 0 saturated carbocycles. The van der Waals surface area contributed by atoms with Crippen LogP contribution in [0, 0.1) is 11.6 Å². The summed E-state index contributed by atoms with van der Waals surface area (Å²) in [6.45, 7) is 1.02. The van der Waals surface area contributed by atoms with Gasteiger partial charge in [0.25, 0.3) is 11.5 Å². The number of anilines is 1. The molecule has 6 N–H and O–H groups in total. The molecule has 1 fully saturated rings. The highest BCUT2D eigenvalue weighted by molar-refractivity contribution is 5.97. The number of halogens is 2. The molecule has 1 aromatic carbocycles. The second-order valence-corrected chi connectivity index (χ2v) is 6.05. The molecule has 1 aliphatic heterocycles. The largest absolute Gasteiger partial charge is 0.392 e. The summed E-state index contributed by atoms with van der Waals surface area (Å²) in [6, 6.07) is 3.14. The van der Waals surface area contributed by atoms with Gasteiger partial charge in [-0.2, -0.15) is 0 Å².